The lowest BCUT2D eigenvalue weighted by Gasteiger charge is -2.39. The van der Waals surface area contributed by atoms with Crippen molar-refractivity contribution in [2.75, 3.05) is 6.54 Å². The number of likely N-dealkylation sites (tertiary alicyclic amines) is 1. The summed E-state index contributed by atoms with van der Waals surface area (Å²) < 4.78 is 122. The van der Waals surface area contributed by atoms with Crippen LogP contribution in [0.4, 0.5) is 44.3 Å². The topological polar surface area (TPSA) is 49.8 Å². The summed E-state index contributed by atoms with van der Waals surface area (Å²) in [4.78, 5) is 12.3. The Morgan fingerprint density at radius 1 is 1.00 bits per heavy atom. The second-order valence-corrected chi connectivity index (χ2v) is 7.10. The van der Waals surface area contributed by atoms with Gasteiger partial charge in [0, 0.05) is 6.54 Å². The fourth-order valence-electron chi connectivity index (χ4n) is 2.48. The molecule has 0 aromatic heterocycles. The van der Waals surface area contributed by atoms with Gasteiger partial charge in [0.05, 0.1) is 6.04 Å². The summed E-state index contributed by atoms with van der Waals surface area (Å²) in [5.74, 6) is -20.3. The van der Waals surface area contributed by atoms with Gasteiger partial charge in [0.1, 0.15) is 11.7 Å². The quantitative estimate of drug-likeness (QED) is 0.695. The van der Waals surface area contributed by atoms with Crippen molar-refractivity contribution in [3.05, 3.63) is 0 Å². The molecule has 1 aliphatic heterocycles. The minimum absolute atomic E-state index is 0.0850. The summed E-state index contributed by atoms with van der Waals surface area (Å²) in [5.41, 5.74) is -1.13. The summed E-state index contributed by atoms with van der Waals surface area (Å²) in [6.45, 7) is 3.82. The molecule has 4 nitrogen and oxygen atoms in total. The molecule has 27 heavy (non-hydrogen) atoms. The number of carbonyl (C=O) groups is 1. The minimum Gasteiger partial charge on any atom is -0.444 e. The highest BCUT2D eigenvalue weighted by Gasteiger charge is 2.83. The first-order valence-electron chi connectivity index (χ1n) is 7.65. The fourth-order valence-corrected chi connectivity index (χ4v) is 2.48. The van der Waals surface area contributed by atoms with E-state index in [0.29, 0.717) is 4.90 Å². The molecule has 1 saturated heterocycles. The van der Waals surface area contributed by atoms with Crippen molar-refractivity contribution in [2.24, 2.45) is 0 Å². The average Bonchev–Trinajstić information content (AvgIpc) is 2.92. The van der Waals surface area contributed by atoms with Gasteiger partial charge in [0.2, 0.25) is 0 Å². The van der Waals surface area contributed by atoms with Gasteiger partial charge in [0.25, 0.3) is 0 Å². The van der Waals surface area contributed by atoms with Gasteiger partial charge in [-0.2, -0.15) is 39.5 Å². The third-order valence-electron chi connectivity index (χ3n) is 3.83. The third kappa shape index (κ3) is 4.21. The van der Waals surface area contributed by atoms with Gasteiger partial charge in [0.15, 0.2) is 0 Å². The first kappa shape index (κ1) is 23.6. The smallest absolute Gasteiger partial charge is 0.444 e. The number of carbonyl (C=O) groups excluding carboxylic acids is 1. The van der Waals surface area contributed by atoms with Crippen molar-refractivity contribution < 1.29 is 54.2 Å². The highest BCUT2D eigenvalue weighted by molar-refractivity contribution is 5.69. The molecule has 1 amide bonds. The number of ether oxygens (including phenoxy) is 1. The van der Waals surface area contributed by atoms with Crippen LogP contribution in [-0.2, 0) is 4.74 Å². The maximum absolute atomic E-state index is 13.9. The summed E-state index contributed by atoms with van der Waals surface area (Å²) in [5, 5.41) is 9.58. The molecule has 0 unspecified atom stereocenters. The van der Waals surface area contributed by atoms with Gasteiger partial charge in [-0.25, -0.2) is 4.79 Å². The van der Waals surface area contributed by atoms with E-state index in [1.54, 1.807) is 0 Å². The van der Waals surface area contributed by atoms with Gasteiger partial charge in [-0.3, -0.25) is 0 Å². The Hall–Kier alpha value is -1.40. The van der Waals surface area contributed by atoms with E-state index in [-0.39, 0.29) is 13.0 Å². The number of hydrogen-bond acceptors (Lipinski definition) is 3. The summed E-state index contributed by atoms with van der Waals surface area (Å²) in [6, 6.07) is -2.13. The van der Waals surface area contributed by atoms with Crippen LogP contribution in [0.3, 0.4) is 0 Å². The maximum atomic E-state index is 13.9. The fraction of sp³-hybridized carbons (Fsp3) is 0.929. The Labute approximate surface area is 148 Å². The van der Waals surface area contributed by atoms with Crippen LogP contribution in [0.1, 0.15) is 33.6 Å². The molecule has 1 aliphatic rings. The molecular weight excluding hydrogens is 401 g/mol. The zero-order valence-electron chi connectivity index (χ0n) is 14.4. The van der Waals surface area contributed by atoms with E-state index in [0.717, 1.165) is 0 Å². The van der Waals surface area contributed by atoms with Crippen LogP contribution >= 0.6 is 0 Å². The number of aliphatic hydroxyl groups is 1. The molecular formula is C14H18F9NO3. The van der Waals surface area contributed by atoms with Crippen LogP contribution in [0.5, 0.6) is 0 Å². The van der Waals surface area contributed by atoms with E-state index >= 15 is 0 Å². The molecule has 1 heterocycles. The van der Waals surface area contributed by atoms with E-state index in [2.05, 4.69) is 0 Å². The lowest BCUT2D eigenvalue weighted by Crippen LogP contribution is -2.67. The molecule has 1 N–H and O–H groups in total. The van der Waals surface area contributed by atoms with Crippen molar-refractivity contribution in [3.63, 3.8) is 0 Å². The normalized spacial score (nSPS) is 21.4. The monoisotopic (exact) mass is 419 g/mol. The van der Waals surface area contributed by atoms with E-state index < -0.39 is 54.2 Å². The first-order valence-corrected chi connectivity index (χ1v) is 7.65. The van der Waals surface area contributed by atoms with Gasteiger partial charge < -0.3 is 14.7 Å². The molecule has 0 saturated carbocycles. The molecule has 0 bridgehead atoms. The highest BCUT2D eigenvalue weighted by Crippen LogP contribution is 2.54. The predicted molar refractivity (Wildman–Crippen MR) is 72.9 cm³/mol. The van der Waals surface area contributed by atoms with E-state index in [4.69, 9.17) is 4.74 Å². The lowest BCUT2D eigenvalue weighted by atomic mass is 9.93. The zero-order valence-corrected chi connectivity index (χ0v) is 14.4. The SMILES string of the molecule is CC(C)(C)OC(=O)N1CCC[C@H]1[C@@H](O)C(F)(F)C(F)(F)C(F)(F)C(F)(F)F. The van der Waals surface area contributed by atoms with Gasteiger partial charge in [-0.05, 0) is 33.6 Å². The van der Waals surface area contributed by atoms with Gasteiger partial charge in [-0.15, -0.1) is 0 Å². The molecule has 160 valence electrons. The minimum atomic E-state index is -7.11. The summed E-state index contributed by atoms with van der Waals surface area (Å²) in [7, 11) is 0. The van der Waals surface area contributed by atoms with Crippen molar-refractivity contribution in [1.82, 2.24) is 4.90 Å². The first-order chi connectivity index (χ1) is 11.8. The summed E-state index contributed by atoms with van der Waals surface area (Å²) >= 11 is 0. The molecule has 13 heteroatoms. The maximum Gasteiger partial charge on any atom is 0.460 e. The van der Waals surface area contributed by atoms with E-state index in [9.17, 15) is 49.4 Å². The van der Waals surface area contributed by atoms with Crippen molar-refractivity contribution in [2.45, 2.75) is 75.3 Å². The number of nitrogens with zero attached hydrogens (tertiary/aromatic N) is 1. The molecule has 0 aliphatic carbocycles. The second-order valence-electron chi connectivity index (χ2n) is 7.10. The highest BCUT2D eigenvalue weighted by atomic mass is 19.4. The van der Waals surface area contributed by atoms with Crippen molar-refractivity contribution in [1.29, 1.82) is 0 Å². The summed E-state index contributed by atoms with van der Waals surface area (Å²) in [6.07, 6.45) is -12.6. The van der Waals surface area contributed by atoms with E-state index in [1.807, 2.05) is 0 Å². The van der Waals surface area contributed by atoms with Crippen LogP contribution < -0.4 is 0 Å². The molecule has 0 aromatic rings. The zero-order chi connectivity index (χ0) is 21.6. The van der Waals surface area contributed by atoms with Crippen LogP contribution in [-0.4, -0.2) is 64.3 Å². The molecule has 0 radical (unpaired) electrons. The Bertz CT molecular complexity index is 557. The third-order valence-corrected chi connectivity index (χ3v) is 3.83. The number of rotatable bonds is 4. The Kier molecular flexibility index (Phi) is 6.03. The van der Waals surface area contributed by atoms with Crippen LogP contribution in [0.25, 0.3) is 0 Å². The number of halogens is 9. The standard InChI is InChI=1S/C14H18F9NO3/c1-10(2,3)27-9(26)24-6-4-5-7(24)8(25)11(15,16)12(17,18)13(19,20)14(21,22)23/h7-8,25H,4-6H2,1-3H3/t7-,8+/m0/s1. The predicted octanol–water partition coefficient (Wildman–Crippen LogP) is 4.22. The molecule has 1 rings (SSSR count). The average molecular weight is 419 g/mol. The second kappa shape index (κ2) is 6.89. The number of aliphatic hydroxyl groups excluding tert-OH is 1. The molecule has 1 fully saturated rings. The van der Waals surface area contributed by atoms with Crippen LogP contribution in [0.2, 0.25) is 0 Å². The Balaban J connectivity index is 3.17. The Morgan fingerprint density at radius 3 is 1.89 bits per heavy atom. The van der Waals surface area contributed by atoms with Crippen molar-refractivity contribution >= 4 is 6.09 Å². The van der Waals surface area contributed by atoms with E-state index in [1.165, 1.54) is 20.8 Å². The van der Waals surface area contributed by atoms with Gasteiger partial charge in [-0.1, -0.05) is 0 Å². The lowest BCUT2D eigenvalue weighted by molar-refractivity contribution is -0.407. The number of alkyl halides is 9. The molecule has 0 spiro atoms. The molecule has 0 aromatic carbocycles. The molecule has 2 atom stereocenters. The Morgan fingerprint density at radius 2 is 1.48 bits per heavy atom. The van der Waals surface area contributed by atoms with Crippen molar-refractivity contribution in [3.8, 4) is 0 Å². The van der Waals surface area contributed by atoms with Crippen LogP contribution in [0.15, 0.2) is 0 Å². The largest absolute Gasteiger partial charge is 0.460 e. The van der Waals surface area contributed by atoms with Gasteiger partial charge >= 0.3 is 30.0 Å². The number of hydrogen-bond donors (Lipinski definition) is 1. The van der Waals surface area contributed by atoms with Crippen LogP contribution in [0, 0.1) is 0 Å². The number of amides is 1.